The van der Waals surface area contributed by atoms with Crippen LogP contribution in [0.4, 0.5) is 5.00 Å². The van der Waals surface area contributed by atoms with Gasteiger partial charge < -0.3 is 24.7 Å². The third-order valence-electron chi connectivity index (χ3n) is 5.08. The summed E-state index contributed by atoms with van der Waals surface area (Å²) in [7, 11) is 0. The van der Waals surface area contributed by atoms with Gasteiger partial charge in [-0.2, -0.15) is 0 Å². The fraction of sp³-hybridized carbons (Fsp3) is 0.524. The Morgan fingerprint density at radius 2 is 2.17 bits per heavy atom. The molecule has 1 fully saturated rings. The van der Waals surface area contributed by atoms with Crippen LogP contribution in [0.1, 0.15) is 46.9 Å². The van der Waals surface area contributed by atoms with Gasteiger partial charge in [-0.05, 0) is 49.9 Å². The summed E-state index contributed by atoms with van der Waals surface area (Å²) in [5, 5.41) is 6.54. The zero-order valence-electron chi connectivity index (χ0n) is 17.0. The van der Waals surface area contributed by atoms with Crippen molar-refractivity contribution >= 4 is 28.2 Å². The van der Waals surface area contributed by atoms with Crippen LogP contribution in [0, 0.1) is 5.92 Å². The van der Waals surface area contributed by atoms with Gasteiger partial charge in [-0.15, -0.1) is 11.3 Å². The van der Waals surface area contributed by atoms with Gasteiger partial charge in [0.15, 0.2) is 5.76 Å². The summed E-state index contributed by atoms with van der Waals surface area (Å²) in [5.74, 6) is 0.216. The van der Waals surface area contributed by atoms with Crippen molar-refractivity contribution in [1.29, 1.82) is 0 Å². The lowest BCUT2D eigenvalue weighted by molar-refractivity contribution is 0.0846. The molecule has 2 aromatic rings. The Morgan fingerprint density at radius 3 is 2.90 bits per heavy atom. The van der Waals surface area contributed by atoms with Gasteiger partial charge in [0.05, 0.1) is 16.1 Å². The summed E-state index contributed by atoms with van der Waals surface area (Å²) in [6.45, 7) is 8.76. The second-order valence-electron chi connectivity index (χ2n) is 7.29. The topological polar surface area (TPSA) is 83.8 Å². The molecule has 2 aromatic heterocycles. The van der Waals surface area contributed by atoms with E-state index in [0.29, 0.717) is 15.8 Å². The highest BCUT2D eigenvalue weighted by Gasteiger charge is 2.27. The number of anilines is 1. The average Bonchev–Trinajstić information content (AvgIpc) is 3.39. The first-order chi connectivity index (χ1) is 14.1. The molecule has 2 N–H and O–H groups in total. The van der Waals surface area contributed by atoms with Crippen molar-refractivity contribution in [3.05, 3.63) is 41.2 Å². The molecule has 1 saturated heterocycles. The van der Waals surface area contributed by atoms with Gasteiger partial charge >= 0.3 is 0 Å². The fourth-order valence-corrected chi connectivity index (χ4v) is 4.34. The van der Waals surface area contributed by atoms with E-state index in [2.05, 4.69) is 22.5 Å². The SMILES string of the molecule is CCOCCCN1CCC(NC(=O)c2ccc(NC(=O)c3ccco3)s2)C(C)C1. The third-order valence-corrected chi connectivity index (χ3v) is 6.08. The van der Waals surface area contributed by atoms with Gasteiger partial charge in [0.25, 0.3) is 11.8 Å². The molecule has 0 spiro atoms. The highest BCUT2D eigenvalue weighted by Crippen LogP contribution is 2.24. The predicted molar refractivity (Wildman–Crippen MR) is 114 cm³/mol. The van der Waals surface area contributed by atoms with Crippen molar-refractivity contribution in [3.63, 3.8) is 0 Å². The average molecular weight is 420 g/mol. The number of nitrogens with one attached hydrogen (secondary N) is 2. The molecule has 2 amide bonds. The van der Waals surface area contributed by atoms with E-state index >= 15 is 0 Å². The minimum absolute atomic E-state index is 0.0878. The summed E-state index contributed by atoms with van der Waals surface area (Å²) in [4.78, 5) is 27.7. The number of likely N-dealkylation sites (tertiary alicyclic amines) is 1. The van der Waals surface area contributed by atoms with E-state index < -0.39 is 0 Å². The summed E-state index contributed by atoms with van der Waals surface area (Å²) in [6.07, 6.45) is 3.43. The minimum atomic E-state index is -0.325. The number of ether oxygens (including phenoxy) is 1. The monoisotopic (exact) mass is 419 g/mol. The molecule has 158 valence electrons. The number of nitrogens with zero attached hydrogens (tertiary/aromatic N) is 1. The lowest BCUT2D eigenvalue weighted by Crippen LogP contribution is -2.50. The van der Waals surface area contributed by atoms with E-state index in [0.717, 1.165) is 45.7 Å². The van der Waals surface area contributed by atoms with Crippen molar-refractivity contribution in [2.75, 3.05) is 38.2 Å². The van der Waals surface area contributed by atoms with Gasteiger partial charge in [-0.3, -0.25) is 9.59 Å². The Morgan fingerprint density at radius 1 is 1.31 bits per heavy atom. The maximum absolute atomic E-state index is 12.6. The van der Waals surface area contributed by atoms with Crippen LogP contribution >= 0.6 is 11.3 Å². The molecule has 29 heavy (non-hydrogen) atoms. The van der Waals surface area contributed by atoms with Crippen molar-refractivity contribution in [3.8, 4) is 0 Å². The number of thiophene rings is 1. The summed E-state index contributed by atoms with van der Waals surface area (Å²) < 4.78 is 10.5. The van der Waals surface area contributed by atoms with Gasteiger partial charge in [0, 0.05) is 38.9 Å². The molecule has 8 heteroatoms. The molecular weight excluding hydrogens is 390 g/mol. The lowest BCUT2D eigenvalue weighted by Gasteiger charge is -2.37. The molecule has 7 nitrogen and oxygen atoms in total. The predicted octanol–water partition coefficient (Wildman–Crippen LogP) is 3.46. The maximum Gasteiger partial charge on any atom is 0.291 e. The molecule has 1 aliphatic rings. The Hall–Kier alpha value is -2.16. The van der Waals surface area contributed by atoms with Gasteiger partial charge in [0.2, 0.25) is 0 Å². The van der Waals surface area contributed by atoms with E-state index in [1.165, 1.54) is 17.6 Å². The van der Waals surface area contributed by atoms with Gasteiger partial charge in [-0.25, -0.2) is 0 Å². The number of furan rings is 1. The molecule has 2 unspecified atom stereocenters. The highest BCUT2D eigenvalue weighted by atomic mass is 32.1. The first kappa shape index (κ1) is 21.5. The highest BCUT2D eigenvalue weighted by molar-refractivity contribution is 7.18. The molecule has 2 atom stereocenters. The van der Waals surface area contributed by atoms with Crippen LogP contribution in [0.25, 0.3) is 0 Å². The zero-order valence-corrected chi connectivity index (χ0v) is 17.8. The van der Waals surface area contributed by atoms with Crippen LogP contribution in [0.3, 0.4) is 0 Å². The number of amides is 2. The molecule has 1 aliphatic heterocycles. The molecule has 0 aromatic carbocycles. The van der Waals surface area contributed by atoms with Crippen molar-refractivity contribution in [2.45, 2.75) is 32.7 Å². The molecule has 0 bridgehead atoms. The number of rotatable bonds is 9. The van der Waals surface area contributed by atoms with Crippen LogP contribution in [-0.2, 0) is 4.74 Å². The Balaban J connectivity index is 1.46. The largest absolute Gasteiger partial charge is 0.459 e. The summed E-state index contributed by atoms with van der Waals surface area (Å²) in [6, 6.07) is 6.90. The normalized spacial score (nSPS) is 19.8. The fourth-order valence-electron chi connectivity index (χ4n) is 3.53. The van der Waals surface area contributed by atoms with E-state index in [9.17, 15) is 9.59 Å². The zero-order chi connectivity index (χ0) is 20.6. The smallest absolute Gasteiger partial charge is 0.291 e. The Bertz CT molecular complexity index is 790. The van der Waals surface area contributed by atoms with Crippen LogP contribution in [0.15, 0.2) is 34.9 Å². The first-order valence-corrected chi connectivity index (χ1v) is 10.9. The standard InChI is InChI=1S/C21H29N3O4S/c1-3-27-12-5-10-24-11-9-16(15(2)14-24)22-21(26)18-7-8-19(29-18)23-20(25)17-6-4-13-28-17/h4,6-8,13,15-16H,3,5,9-12,14H2,1-2H3,(H,22,26)(H,23,25). The quantitative estimate of drug-likeness (QED) is 0.608. The number of carbonyl (C=O) groups is 2. The number of piperidine rings is 1. The second kappa shape index (κ2) is 10.6. The third kappa shape index (κ3) is 6.16. The molecule has 3 rings (SSSR count). The van der Waals surface area contributed by atoms with Crippen LogP contribution in [0.5, 0.6) is 0 Å². The van der Waals surface area contributed by atoms with Crippen LogP contribution in [0.2, 0.25) is 0 Å². The van der Waals surface area contributed by atoms with E-state index in [1.54, 1.807) is 24.3 Å². The van der Waals surface area contributed by atoms with E-state index in [4.69, 9.17) is 9.15 Å². The first-order valence-electron chi connectivity index (χ1n) is 10.1. The lowest BCUT2D eigenvalue weighted by atomic mass is 9.93. The van der Waals surface area contributed by atoms with Crippen molar-refractivity contribution in [1.82, 2.24) is 10.2 Å². The Labute approximate surface area is 175 Å². The van der Waals surface area contributed by atoms with Crippen molar-refractivity contribution < 1.29 is 18.7 Å². The molecule has 3 heterocycles. The minimum Gasteiger partial charge on any atom is -0.459 e. The van der Waals surface area contributed by atoms with Crippen LogP contribution in [-0.4, -0.2) is 55.6 Å². The number of hydrogen-bond acceptors (Lipinski definition) is 6. The summed E-state index contributed by atoms with van der Waals surface area (Å²) in [5.41, 5.74) is 0. The van der Waals surface area contributed by atoms with E-state index in [-0.39, 0.29) is 23.6 Å². The molecule has 0 saturated carbocycles. The van der Waals surface area contributed by atoms with Crippen molar-refractivity contribution in [2.24, 2.45) is 5.92 Å². The van der Waals surface area contributed by atoms with Crippen LogP contribution < -0.4 is 10.6 Å². The Kier molecular flexibility index (Phi) is 7.85. The van der Waals surface area contributed by atoms with Gasteiger partial charge in [-0.1, -0.05) is 6.92 Å². The maximum atomic E-state index is 12.6. The van der Waals surface area contributed by atoms with Gasteiger partial charge in [0.1, 0.15) is 0 Å². The molecular formula is C21H29N3O4S. The van der Waals surface area contributed by atoms with E-state index in [1.807, 2.05) is 6.92 Å². The summed E-state index contributed by atoms with van der Waals surface area (Å²) >= 11 is 1.26. The second-order valence-corrected chi connectivity index (χ2v) is 8.38. The number of hydrogen-bond donors (Lipinski definition) is 2. The number of carbonyl (C=O) groups excluding carboxylic acids is 2. The molecule has 0 radical (unpaired) electrons. The molecule has 0 aliphatic carbocycles.